The van der Waals surface area contributed by atoms with Crippen LogP contribution in [-0.2, 0) is 6.54 Å². The van der Waals surface area contributed by atoms with Crippen molar-refractivity contribution in [3.05, 3.63) is 40.6 Å². The minimum Gasteiger partial charge on any atom is -0.493 e. The van der Waals surface area contributed by atoms with E-state index in [-0.39, 0.29) is 0 Å². The predicted octanol–water partition coefficient (Wildman–Crippen LogP) is 3.89. The average molecular weight is 371 g/mol. The maximum atomic E-state index is 10.5. The van der Waals surface area contributed by atoms with Crippen LogP contribution in [0.2, 0.25) is 0 Å². The highest BCUT2D eigenvalue weighted by atomic mass is 79.9. The van der Waals surface area contributed by atoms with Crippen molar-refractivity contribution in [2.45, 2.75) is 30.9 Å². The number of nitrogens with zero attached hydrogens (tertiary/aromatic N) is 2. The topological polar surface area (TPSA) is 47.3 Å². The summed E-state index contributed by atoms with van der Waals surface area (Å²) in [5, 5.41) is 14.8. The number of hydrogen-bond donors (Lipinski definition) is 1. The SMILES string of the molecule is CCCn1ncc(OC)c1C(O)CSc1ccc(Br)cc1. The smallest absolute Gasteiger partial charge is 0.162 e. The molecule has 4 nitrogen and oxygen atoms in total. The van der Waals surface area contributed by atoms with Gasteiger partial charge >= 0.3 is 0 Å². The van der Waals surface area contributed by atoms with Crippen LogP contribution in [0, 0.1) is 0 Å². The van der Waals surface area contributed by atoms with Crippen molar-refractivity contribution in [1.29, 1.82) is 0 Å². The molecule has 6 heteroatoms. The molecule has 21 heavy (non-hydrogen) atoms. The molecule has 1 unspecified atom stereocenters. The Morgan fingerprint density at radius 2 is 2.10 bits per heavy atom. The molecule has 0 saturated carbocycles. The Labute approximate surface area is 137 Å². The molecule has 2 aromatic rings. The highest BCUT2D eigenvalue weighted by molar-refractivity contribution is 9.10. The molecule has 114 valence electrons. The zero-order valence-electron chi connectivity index (χ0n) is 12.1. The lowest BCUT2D eigenvalue weighted by Gasteiger charge is -2.14. The monoisotopic (exact) mass is 370 g/mol. The third-order valence-electron chi connectivity index (χ3n) is 3.04. The Bertz CT molecular complexity index is 572. The summed E-state index contributed by atoms with van der Waals surface area (Å²) in [5.74, 6) is 1.21. The van der Waals surface area contributed by atoms with Gasteiger partial charge in [0, 0.05) is 21.7 Å². The van der Waals surface area contributed by atoms with E-state index in [1.165, 1.54) is 0 Å². The first-order valence-corrected chi connectivity index (χ1v) is 8.59. The lowest BCUT2D eigenvalue weighted by molar-refractivity contribution is 0.186. The molecule has 2 rings (SSSR count). The van der Waals surface area contributed by atoms with E-state index in [0.29, 0.717) is 11.5 Å². The van der Waals surface area contributed by atoms with Crippen LogP contribution in [-0.4, -0.2) is 27.7 Å². The molecule has 1 aromatic carbocycles. The fourth-order valence-corrected chi connectivity index (χ4v) is 3.15. The number of aliphatic hydroxyl groups excluding tert-OH is 1. The molecule has 0 aliphatic heterocycles. The first-order chi connectivity index (χ1) is 10.2. The number of methoxy groups -OCH3 is 1. The zero-order chi connectivity index (χ0) is 15.2. The molecule has 0 amide bonds. The van der Waals surface area contributed by atoms with Crippen molar-refractivity contribution in [3.8, 4) is 5.75 Å². The van der Waals surface area contributed by atoms with Crippen LogP contribution in [0.3, 0.4) is 0 Å². The summed E-state index contributed by atoms with van der Waals surface area (Å²) in [6.07, 6.45) is 2.02. The fraction of sp³-hybridized carbons (Fsp3) is 0.400. The van der Waals surface area contributed by atoms with Crippen molar-refractivity contribution in [1.82, 2.24) is 9.78 Å². The summed E-state index contributed by atoms with van der Waals surface area (Å²) in [4.78, 5) is 1.12. The second-order valence-electron chi connectivity index (χ2n) is 4.60. The van der Waals surface area contributed by atoms with Crippen LogP contribution in [0.1, 0.15) is 25.1 Å². The van der Waals surface area contributed by atoms with E-state index in [0.717, 1.165) is 28.0 Å². The van der Waals surface area contributed by atoms with E-state index < -0.39 is 6.10 Å². The molecule has 0 aliphatic rings. The van der Waals surface area contributed by atoms with E-state index in [1.807, 2.05) is 28.9 Å². The molecule has 0 radical (unpaired) electrons. The summed E-state index contributed by atoms with van der Waals surface area (Å²) in [6.45, 7) is 2.86. The van der Waals surface area contributed by atoms with Gasteiger partial charge in [0.15, 0.2) is 5.75 Å². The molecule has 1 heterocycles. The summed E-state index contributed by atoms with van der Waals surface area (Å²) in [6, 6.07) is 8.05. The maximum absolute atomic E-state index is 10.5. The Kier molecular flexibility index (Phi) is 6.14. The Morgan fingerprint density at radius 3 is 2.71 bits per heavy atom. The van der Waals surface area contributed by atoms with Crippen molar-refractivity contribution >= 4 is 27.7 Å². The van der Waals surface area contributed by atoms with Gasteiger partial charge in [0.25, 0.3) is 0 Å². The van der Waals surface area contributed by atoms with Crippen LogP contribution < -0.4 is 4.74 Å². The minimum atomic E-state index is -0.609. The second kappa shape index (κ2) is 7.87. The standard InChI is InChI=1S/C15H19BrN2O2S/c1-3-8-18-15(14(20-2)9-17-18)13(19)10-21-12-6-4-11(16)5-7-12/h4-7,9,13,19H,3,8,10H2,1-2H3. The van der Waals surface area contributed by atoms with Gasteiger partial charge in [0.2, 0.25) is 0 Å². The molecule has 0 fully saturated rings. The van der Waals surface area contributed by atoms with Crippen LogP contribution in [0.15, 0.2) is 39.8 Å². The van der Waals surface area contributed by atoms with E-state index in [9.17, 15) is 5.11 Å². The average Bonchev–Trinajstić information content (AvgIpc) is 2.90. The molecule has 0 saturated heterocycles. The first-order valence-electron chi connectivity index (χ1n) is 6.81. The Balaban J connectivity index is 2.07. The molecule has 1 N–H and O–H groups in total. The maximum Gasteiger partial charge on any atom is 0.162 e. The molecular weight excluding hydrogens is 352 g/mol. The number of rotatable bonds is 7. The lowest BCUT2D eigenvalue weighted by atomic mass is 10.2. The van der Waals surface area contributed by atoms with Crippen LogP contribution in [0.4, 0.5) is 0 Å². The number of hydrogen-bond acceptors (Lipinski definition) is 4. The number of aromatic nitrogens is 2. The Hall–Kier alpha value is -0.980. The van der Waals surface area contributed by atoms with Crippen LogP contribution >= 0.6 is 27.7 Å². The van der Waals surface area contributed by atoms with Gasteiger partial charge in [0.1, 0.15) is 11.8 Å². The normalized spacial score (nSPS) is 12.4. The largest absolute Gasteiger partial charge is 0.493 e. The molecule has 0 spiro atoms. The van der Waals surface area contributed by atoms with Crippen molar-refractivity contribution in [2.24, 2.45) is 0 Å². The van der Waals surface area contributed by atoms with Gasteiger partial charge < -0.3 is 9.84 Å². The van der Waals surface area contributed by atoms with E-state index >= 15 is 0 Å². The van der Waals surface area contributed by atoms with Gasteiger partial charge in [-0.05, 0) is 30.7 Å². The predicted molar refractivity (Wildman–Crippen MR) is 88.9 cm³/mol. The van der Waals surface area contributed by atoms with Gasteiger partial charge in [-0.3, -0.25) is 4.68 Å². The first kappa shape index (κ1) is 16.4. The molecule has 1 atom stereocenters. The molecule has 0 bridgehead atoms. The Morgan fingerprint density at radius 1 is 1.38 bits per heavy atom. The summed E-state index contributed by atoms with van der Waals surface area (Å²) in [7, 11) is 1.60. The van der Waals surface area contributed by atoms with Gasteiger partial charge in [-0.1, -0.05) is 22.9 Å². The highest BCUT2D eigenvalue weighted by Gasteiger charge is 2.19. The van der Waals surface area contributed by atoms with Crippen molar-refractivity contribution in [3.63, 3.8) is 0 Å². The number of aryl methyl sites for hydroxylation is 1. The van der Waals surface area contributed by atoms with Gasteiger partial charge in [-0.2, -0.15) is 5.10 Å². The zero-order valence-corrected chi connectivity index (χ0v) is 14.5. The molecular formula is C15H19BrN2O2S. The molecule has 1 aromatic heterocycles. The fourth-order valence-electron chi connectivity index (χ4n) is 2.05. The number of aliphatic hydroxyl groups is 1. The van der Waals surface area contributed by atoms with Crippen molar-refractivity contribution in [2.75, 3.05) is 12.9 Å². The third-order valence-corrected chi connectivity index (χ3v) is 4.65. The van der Waals surface area contributed by atoms with Gasteiger partial charge in [-0.25, -0.2) is 0 Å². The van der Waals surface area contributed by atoms with Gasteiger partial charge in [-0.15, -0.1) is 11.8 Å². The van der Waals surface area contributed by atoms with Gasteiger partial charge in [0.05, 0.1) is 13.3 Å². The van der Waals surface area contributed by atoms with E-state index in [2.05, 4.69) is 28.0 Å². The van der Waals surface area contributed by atoms with Crippen LogP contribution in [0.25, 0.3) is 0 Å². The number of halogens is 1. The minimum absolute atomic E-state index is 0.563. The van der Waals surface area contributed by atoms with Crippen LogP contribution in [0.5, 0.6) is 5.75 Å². The highest BCUT2D eigenvalue weighted by Crippen LogP contribution is 2.30. The lowest BCUT2D eigenvalue weighted by Crippen LogP contribution is -2.11. The summed E-state index contributed by atoms with van der Waals surface area (Å²) >= 11 is 5.03. The van der Waals surface area contributed by atoms with E-state index in [1.54, 1.807) is 25.1 Å². The number of ether oxygens (including phenoxy) is 1. The third kappa shape index (κ3) is 4.25. The quantitative estimate of drug-likeness (QED) is 0.751. The van der Waals surface area contributed by atoms with Crippen molar-refractivity contribution < 1.29 is 9.84 Å². The summed E-state index contributed by atoms with van der Waals surface area (Å²) < 4.78 is 8.18. The van der Waals surface area contributed by atoms with E-state index in [4.69, 9.17) is 4.74 Å². The second-order valence-corrected chi connectivity index (χ2v) is 6.61. The number of thioether (sulfide) groups is 1. The number of benzene rings is 1. The summed E-state index contributed by atoms with van der Waals surface area (Å²) in [5.41, 5.74) is 0.754. The molecule has 0 aliphatic carbocycles.